The highest BCUT2D eigenvalue weighted by Crippen LogP contribution is 2.21. The molecule has 1 amide bonds. The number of hydrogen-bond acceptors (Lipinski definition) is 3. The Balaban J connectivity index is 1.73. The van der Waals surface area contributed by atoms with Gasteiger partial charge in [0.05, 0.1) is 5.56 Å². The number of rotatable bonds is 4. The summed E-state index contributed by atoms with van der Waals surface area (Å²) in [4.78, 5) is 14.6. The Kier molecular flexibility index (Phi) is 4.14. The first-order chi connectivity index (χ1) is 9.83. The van der Waals surface area contributed by atoms with Crippen LogP contribution in [0.15, 0.2) is 41.1 Å². The van der Waals surface area contributed by atoms with E-state index in [-0.39, 0.29) is 5.91 Å². The second kappa shape index (κ2) is 6.20. The highest BCUT2D eigenvalue weighted by atomic mass is 32.1. The van der Waals surface area contributed by atoms with Crippen molar-refractivity contribution in [3.8, 4) is 0 Å². The number of amides is 1. The zero-order valence-electron chi connectivity index (χ0n) is 11.3. The maximum absolute atomic E-state index is 12.1. The molecule has 1 aromatic carbocycles. The number of para-hydroxylation sites is 1. The first kappa shape index (κ1) is 13.3. The summed E-state index contributed by atoms with van der Waals surface area (Å²) in [6.07, 6.45) is 2.56. The van der Waals surface area contributed by atoms with E-state index in [9.17, 15) is 4.79 Å². The van der Waals surface area contributed by atoms with E-state index in [1.165, 1.54) is 29.7 Å². The molecule has 2 heterocycles. The Morgan fingerprint density at radius 2 is 2.00 bits per heavy atom. The van der Waals surface area contributed by atoms with Gasteiger partial charge in [-0.25, -0.2) is 0 Å². The van der Waals surface area contributed by atoms with Gasteiger partial charge in [-0.2, -0.15) is 11.3 Å². The molecule has 1 N–H and O–H groups in total. The number of thiophene rings is 1. The third-order valence-electron chi connectivity index (χ3n) is 3.64. The summed E-state index contributed by atoms with van der Waals surface area (Å²) < 4.78 is 0. The fourth-order valence-electron chi connectivity index (χ4n) is 2.55. The number of nitrogens with zero attached hydrogens (tertiary/aromatic N) is 1. The van der Waals surface area contributed by atoms with Crippen LogP contribution in [-0.2, 0) is 6.54 Å². The molecule has 1 fully saturated rings. The van der Waals surface area contributed by atoms with Gasteiger partial charge < -0.3 is 5.32 Å². The second-order valence-corrected chi connectivity index (χ2v) is 5.89. The van der Waals surface area contributed by atoms with Gasteiger partial charge in [0.1, 0.15) is 0 Å². The summed E-state index contributed by atoms with van der Waals surface area (Å²) in [6.45, 7) is 3.24. The highest BCUT2D eigenvalue weighted by molar-refractivity contribution is 7.08. The number of benzene rings is 1. The maximum Gasteiger partial charge on any atom is 0.256 e. The van der Waals surface area contributed by atoms with Crippen LogP contribution < -0.4 is 5.32 Å². The van der Waals surface area contributed by atoms with Gasteiger partial charge >= 0.3 is 0 Å². The number of anilines is 1. The molecule has 0 spiro atoms. The fraction of sp³-hybridized carbons (Fsp3) is 0.312. The van der Waals surface area contributed by atoms with E-state index in [2.05, 4.69) is 16.3 Å². The van der Waals surface area contributed by atoms with E-state index in [0.717, 1.165) is 30.9 Å². The lowest BCUT2D eigenvalue weighted by Crippen LogP contribution is -2.20. The monoisotopic (exact) mass is 286 g/mol. The van der Waals surface area contributed by atoms with Crippen molar-refractivity contribution in [2.24, 2.45) is 0 Å². The van der Waals surface area contributed by atoms with Gasteiger partial charge in [0.2, 0.25) is 0 Å². The van der Waals surface area contributed by atoms with Gasteiger partial charge in [-0.05, 0) is 49.0 Å². The molecule has 1 saturated heterocycles. The van der Waals surface area contributed by atoms with Crippen LogP contribution in [0.5, 0.6) is 0 Å². The molecule has 1 aliphatic rings. The minimum absolute atomic E-state index is 0.0277. The minimum atomic E-state index is -0.0277. The van der Waals surface area contributed by atoms with Crippen molar-refractivity contribution >= 4 is 22.9 Å². The van der Waals surface area contributed by atoms with E-state index >= 15 is 0 Å². The van der Waals surface area contributed by atoms with E-state index in [1.54, 1.807) is 0 Å². The zero-order valence-corrected chi connectivity index (χ0v) is 12.2. The van der Waals surface area contributed by atoms with E-state index in [4.69, 9.17) is 0 Å². The van der Waals surface area contributed by atoms with Crippen molar-refractivity contribution in [1.82, 2.24) is 4.90 Å². The first-order valence-electron chi connectivity index (χ1n) is 6.97. The fourth-order valence-corrected chi connectivity index (χ4v) is 3.19. The average Bonchev–Trinajstić information content (AvgIpc) is 3.13. The molecule has 0 unspecified atom stereocenters. The summed E-state index contributed by atoms with van der Waals surface area (Å²) >= 11 is 1.54. The molecule has 1 aromatic heterocycles. The van der Waals surface area contributed by atoms with Crippen molar-refractivity contribution in [1.29, 1.82) is 0 Å². The van der Waals surface area contributed by atoms with Gasteiger partial charge in [-0.15, -0.1) is 0 Å². The predicted octanol–water partition coefficient (Wildman–Crippen LogP) is 3.60. The van der Waals surface area contributed by atoms with Crippen LogP contribution in [-0.4, -0.2) is 23.9 Å². The normalized spacial score (nSPS) is 15.4. The highest BCUT2D eigenvalue weighted by Gasteiger charge is 2.15. The predicted molar refractivity (Wildman–Crippen MR) is 83.2 cm³/mol. The zero-order chi connectivity index (χ0) is 13.8. The van der Waals surface area contributed by atoms with E-state index < -0.39 is 0 Å². The molecule has 3 rings (SSSR count). The van der Waals surface area contributed by atoms with Crippen LogP contribution >= 0.6 is 11.3 Å². The lowest BCUT2D eigenvalue weighted by Gasteiger charge is -2.17. The van der Waals surface area contributed by atoms with Crippen LogP contribution in [0.1, 0.15) is 28.8 Å². The van der Waals surface area contributed by atoms with Crippen LogP contribution in [0.25, 0.3) is 0 Å². The summed E-state index contributed by atoms with van der Waals surface area (Å²) in [6, 6.07) is 9.93. The summed E-state index contributed by atoms with van der Waals surface area (Å²) in [5, 5.41) is 6.82. The maximum atomic E-state index is 12.1. The topological polar surface area (TPSA) is 32.3 Å². The molecule has 0 atom stereocenters. The Labute approximate surface area is 123 Å². The van der Waals surface area contributed by atoms with E-state index in [0.29, 0.717) is 0 Å². The van der Waals surface area contributed by atoms with Crippen molar-refractivity contribution in [3.05, 3.63) is 52.2 Å². The van der Waals surface area contributed by atoms with E-state index in [1.807, 2.05) is 35.0 Å². The number of hydrogen-bond donors (Lipinski definition) is 1. The Morgan fingerprint density at radius 3 is 2.75 bits per heavy atom. The van der Waals surface area contributed by atoms with Crippen LogP contribution in [0, 0.1) is 0 Å². The van der Waals surface area contributed by atoms with Gasteiger partial charge in [0.15, 0.2) is 0 Å². The molecule has 0 saturated carbocycles. The van der Waals surface area contributed by atoms with Gasteiger partial charge in [0.25, 0.3) is 5.91 Å². The molecular weight excluding hydrogens is 268 g/mol. The Bertz CT molecular complexity index is 574. The molecule has 104 valence electrons. The van der Waals surface area contributed by atoms with Crippen molar-refractivity contribution < 1.29 is 4.79 Å². The quantitative estimate of drug-likeness (QED) is 0.931. The number of carbonyl (C=O) groups excluding carboxylic acids is 1. The Hall–Kier alpha value is -1.65. The van der Waals surface area contributed by atoms with Crippen LogP contribution in [0.3, 0.4) is 0 Å². The number of carbonyl (C=O) groups is 1. The van der Waals surface area contributed by atoms with Crippen molar-refractivity contribution in [2.75, 3.05) is 18.4 Å². The molecule has 4 heteroatoms. The average molecular weight is 286 g/mol. The molecule has 3 nitrogen and oxygen atoms in total. The molecule has 2 aromatic rings. The third kappa shape index (κ3) is 3.08. The van der Waals surface area contributed by atoms with Crippen LogP contribution in [0.2, 0.25) is 0 Å². The lowest BCUT2D eigenvalue weighted by molar-refractivity contribution is 0.102. The smallest absolute Gasteiger partial charge is 0.256 e. The summed E-state index contributed by atoms with van der Waals surface area (Å²) in [5.74, 6) is -0.0277. The molecule has 0 bridgehead atoms. The SMILES string of the molecule is O=C(Nc1ccccc1CN1CCCC1)c1ccsc1. The molecule has 20 heavy (non-hydrogen) atoms. The van der Waals surface area contributed by atoms with Crippen molar-refractivity contribution in [3.63, 3.8) is 0 Å². The molecular formula is C16H18N2OS. The lowest BCUT2D eigenvalue weighted by atomic mass is 10.1. The summed E-state index contributed by atoms with van der Waals surface area (Å²) in [5.41, 5.74) is 2.85. The van der Waals surface area contributed by atoms with Crippen molar-refractivity contribution in [2.45, 2.75) is 19.4 Å². The van der Waals surface area contributed by atoms with Gasteiger partial charge in [-0.3, -0.25) is 9.69 Å². The third-order valence-corrected chi connectivity index (χ3v) is 4.32. The number of likely N-dealkylation sites (tertiary alicyclic amines) is 1. The first-order valence-corrected chi connectivity index (χ1v) is 7.91. The second-order valence-electron chi connectivity index (χ2n) is 5.11. The Morgan fingerprint density at radius 1 is 1.20 bits per heavy atom. The van der Waals surface area contributed by atoms with Crippen LogP contribution in [0.4, 0.5) is 5.69 Å². The number of nitrogens with one attached hydrogen (secondary N) is 1. The largest absolute Gasteiger partial charge is 0.322 e. The molecule has 0 radical (unpaired) electrons. The molecule has 1 aliphatic heterocycles. The summed E-state index contributed by atoms with van der Waals surface area (Å²) in [7, 11) is 0. The van der Waals surface area contributed by atoms with Gasteiger partial charge in [0, 0.05) is 17.6 Å². The minimum Gasteiger partial charge on any atom is -0.322 e. The molecule has 0 aliphatic carbocycles. The van der Waals surface area contributed by atoms with Gasteiger partial charge in [-0.1, -0.05) is 18.2 Å². The standard InChI is InChI=1S/C16H18N2OS/c19-16(14-7-10-20-12-14)17-15-6-2-1-5-13(15)11-18-8-3-4-9-18/h1-2,5-7,10,12H,3-4,8-9,11H2,(H,17,19).